The van der Waals surface area contributed by atoms with Crippen LogP contribution in [-0.2, 0) is 4.79 Å². The van der Waals surface area contributed by atoms with Crippen molar-refractivity contribution in [3.63, 3.8) is 0 Å². The molecule has 0 spiro atoms. The lowest BCUT2D eigenvalue weighted by Crippen LogP contribution is -2.33. The van der Waals surface area contributed by atoms with Crippen molar-refractivity contribution in [1.29, 1.82) is 0 Å². The minimum Gasteiger partial charge on any atom is -0.495 e. The number of rotatable bonds is 8. The maximum atomic E-state index is 12.9. The summed E-state index contributed by atoms with van der Waals surface area (Å²) in [5, 5.41) is 6.98. The fourth-order valence-corrected chi connectivity index (χ4v) is 4.86. The molecule has 8 nitrogen and oxygen atoms in total. The number of methoxy groups -OCH3 is 1. The first-order valence-corrected chi connectivity index (χ1v) is 12.0. The SMILES string of the molecule is COc1ccccc1NC(=O)CCN1C(=S)N[C@H](c2ccccn2)[C@@H]1c1cccn1-c1ccncc1. The van der Waals surface area contributed by atoms with Gasteiger partial charge < -0.3 is 24.8 Å². The van der Waals surface area contributed by atoms with Gasteiger partial charge in [-0.1, -0.05) is 18.2 Å². The molecule has 0 bridgehead atoms. The van der Waals surface area contributed by atoms with Crippen LogP contribution in [0.1, 0.15) is 29.9 Å². The van der Waals surface area contributed by atoms with Gasteiger partial charge in [0.1, 0.15) is 5.75 Å². The van der Waals surface area contributed by atoms with Crippen LogP contribution in [-0.4, -0.2) is 44.1 Å². The summed E-state index contributed by atoms with van der Waals surface area (Å²) in [6.07, 6.45) is 7.59. The predicted octanol–water partition coefficient (Wildman–Crippen LogP) is 4.28. The number of carbonyl (C=O) groups excluding carboxylic acids is 1. The number of thiocarbonyl (C=S) groups is 1. The Bertz CT molecular complexity index is 1340. The topological polar surface area (TPSA) is 84.3 Å². The Kier molecular flexibility index (Phi) is 6.90. The third-order valence-corrected chi connectivity index (χ3v) is 6.54. The molecule has 182 valence electrons. The molecule has 0 saturated carbocycles. The number of pyridine rings is 2. The molecule has 2 atom stereocenters. The van der Waals surface area contributed by atoms with Crippen LogP contribution in [0.15, 0.2) is 91.5 Å². The predicted molar refractivity (Wildman–Crippen MR) is 142 cm³/mol. The molecule has 1 aliphatic rings. The number of carbonyl (C=O) groups is 1. The molecule has 36 heavy (non-hydrogen) atoms. The summed E-state index contributed by atoms with van der Waals surface area (Å²) in [4.78, 5) is 23.7. The normalized spacial score (nSPS) is 17.0. The molecule has 2 N–H and O–H groups in total. The zero-order valence-electron chi connectivity index (χ0n) is 19.7. The fourth-order valence-electron chi connectivity index (χ4n) is 4.53. The number of hydrogen-bond donors (Lipinski definition) is 2. The third kappa shape index (κ3) is 4.78. The molecule has 0 aliphatic carbocycles. The van der Waals surface area contributed by atoms with Crippen molar-refractivity contribution in [2.75, 3.05) is 19.0 Å². The van der Waals surface area contributed by atoms with E-state index >= 15 is 0 Å². The van der Waals surface area contributed by atoms with Crippen LogP contribution in [0.4, 0.5) is 5.69 Å². The van der Waals surface area contributed by atoms with Crippen LogP contribution in [0.5, 0.6) is 5.75 Å². The zero-order valence-corrected chi connectivity index (χ0v) is 20.6. The minimum absolute atomic E-state index is 0.119. The summed E-state index contributed by atoms with van der Waals surface area (Å²) in [6, 6.07) is 20.9. The second kappa shape index (κ2) is 10.6. The standard InChI is InChI=1S/C27H26N6O2S/c1-35-23-10-3-2-7-20(23)30-24(34)13-18-33-26(25(31-27(33)36)21-8-4-5-14-29-21)22-9-6-17-32(22)19-11-15-28-16-12-19/h2-12,14-17,25-26H,13,18H2,1H3,(H,30,34)(H,31,36)/t25-,26+/m1/s1. The maximum absolute atomic E-state index is 12.9. The van der Waals surface area contributed by atoms with E-state index < -0.39 is 0 Å². The molecule has 0 radical (unpaired) electrons. The number of hydrogen-bond acceptors (Lipinski definition) is 5. The van der Waals surface area contributed by atoms with Gasteiger partial charge in [0.05, 0.1) is 30.6 Å². The molecular weight excluding hydrogens is 472 g/mol. The highest BCUT2D eigenvalue weighted by Gasteiger charge is 2.41. The average molecular weight is 499 g/mol. The fraction of sp³-hybridized carbons (Fsp3) is 0.185. The molecular formula is C27H26N6O2S. The lowest BCUT2D eigenvalue weighted by Gasteiger charge is -2.28. The summed E-state index contributed by atoms with van der Waals surface area (Å²) >= 11 is 5.77. The van der Waals surface area contributed by atoms with E-state index in [0.717, 1.165) is 17.1 Å². The van der Waals surface area contributed by atoms with Gasteiger partial charge in [-0.15, -0.1) is 0 Å². The number of nitrogens with one attached hydrogen (secondary N) is 2. The smallest absolute Gasteiger partial charge is 0.226 e. The van der Waals surface area contributed by atoms with E-state index in [1.807, 2.05) is 66.9 Å². The summed E-state index contributed by atoms with van der Waals surface area (Å²) in [6.45, 7) is 0.433. The first-order valence-electron chi connectivity index (χ1n) is 11.6. The summed E-state index contributed by atoms with van der Waals surface area (Å²) in [5.41, 5.74) is 3.56. The van der Waals surface area contributed by atoms with E-state index in [-0.39, 0.29) is 24.4 Å². The van der Waals surface area contributed by atoms with Gasteiger partial charge in [0.15, 0.2) is 5.11 Å². The minimum atomic E-state index is -0.175. The van der Waals surface area contributed by atoms with Gasteiger partial charge in [0.2, 0.25) is 5.91 Å². The van der Waals surface area contributed by atoms with Gasteiger partial charge in [0.25, 0.3) is 0 Å². The van der Waals surface area contributed by atoms with E-state index in [1.165, 1.54) is 0 Å². The average Bonchev–Trinajstić information content (AvgIpc) is 3.53. The number of ether oxygens (including phenoxy) is 1. The molecule has 1 amide bonds. The molecule has 1 aromatic carbocycles. The number of anilines is 1. The van der Waals surface area contributed by atoms with Crippen LogP contribution in [0.2, 0.25) is 0 Å². The lowest BCUT2D eigenvalue weighted by molar-refractivity contribution is -0.116. The van der Waals surface area contributed by atoms with Gasteiger partial charge in [-0.3, -0.25) is 14.8 Å². The lowest BCUT2D eigenvalue weighted by atomic mass is 10.0. The van der Waals surface area contributed by atoms with E-state index in [4.69, 9.17) is 17.0 Å². The van der Waals surface area contributed by atoms with Crippen molar-refractivity contribution in [1.82, 2.24) is 24.8 Å². The van der Waals surface area contributed by atoms with Gasteiger partial charge in [0, 0.05) is 49.1 Å². The third-order valence-electron chi connectivity index (χ3n) is 6.18. The molecule has 9 heteroatoms. The van der Waals surface area contributed by atoms with Crippen molar-refractivity contribution in [3.05, 3.63) is 103 Å². The van der Waals surface area contributed by atoms with E-state index in [0.29, 0.717) is 23.1 Å². The van der Waals surface area contributed by atoms with Gasteiger partial charge in [-0.2, -0.15) is 0 Å². The van der Waals surface area contributed by atoms with Crippen molar-refractivity contribution in [2.24, 2.45) is 0 Å². The highest BCUT2D eigenvalue weighted by atomic mass is 32.1. The van der Waals surface area contributed by atoms with E-state index in [1.54, 1.807) is 25.7 Å². The largest absolute Gasteiger partial charge is 0.495 e. The van der Waals surface area contributed by atoms with Crippen LogP contribution in [0, 0.1) is 0 Å². The van der Waals surface area contributed by atoms with Crippen molar-refractivity contribution >= 4 is 28.9 Å². The summed E-state index contributed by atoms with van der Waals surface area (Å²) in [5.74, 6) is 0.499. The summed E-state index contributed by atoms with van der Waals surface area (Å²) in [7, 11) is 1.58. The van der Waals surface area contributed by atoms with E-state index in [2.05, 4.69) is 36.1 Å². The second-order valence-corrected chi connectivity index (χ2v) is 8.71. The van der Waals surface area contributed by atoms with Crippen molar-refractivity contribution in [2.45, 2.75) is 18.5 Å². The number of nitrogens with zero attached hydrogens (tertiary/aromatic N) is 4. The number of aromatic nitrogens is 3. The number of benzene rings is 1. The molecule has 0 unspecified atom stereocenters. The van der Waals surface area contributed by atoms with Crippen LogP contribution in [0.25, 0.3) is 5.69 Å². The Morgan fingerprint density at radius 3 is 2.64 bits per heavy atom. The van der Waals surface area contributed by atoms with Crippen molar-refractivity contribution < 1.29 is 9.53 Å². The van der Waals surface area contributed by atoms with Crippen LogP contribution < -0.4 is 15.4 Å². The Hall–Kier alpha value is -4.24. The van der Waals surface area contributed by atoms with Crippen LogP contribution >= 0.6 is 12.2 Å². The van der Waals surface area contributed by atoms with Gasteiger partial charge >= 0.3 is 0 Å². The Labute approximate surface area is 215 Å². The number of amides is 1. The zero-order chi connectivity index (χ0) is 24.9. The molecule has 3 aromatic heterocycles. The first-order chi connectivity index (χ1) is 17.7. The molecule has 4 heterocycles. The molecule has 1 aliphatic heterocycles. The van der Waals surface area contributed by atoms with Gasteiger partial charge in [-0.05, 0) is 60.7 Å². The Morgan fingerprint density at radius 2 is 1.86 bits per heavy atom. The van der Waals surface area contributed by atoms with Gasteiger partial charge in [-0.25, -0.2) is 0 Å². The van der Waals surface area contributed by atoms with Crippen molar-refractivity contribution in [3.8, 4) is 11.4 Å². The van der Waals surface area contributed by atoms with E-state index in [9.17, 15) is 4.79 Å². The highest BCUT2D eigenvalue weighted by Crippen LogP contribution is 2.39. The number of para-hydroxylation sites is 2. The molecule has 5 rings (SSSR count). The molecule has 1 fully saturated rings. The maximum Gasteiger partial charge on any atom is 0.226 e. The monoisotopic (exact) mass is 498 g/mol. The first kappa shape index (κ1) is 23.5. The quantitative estimate of drug-likeness (QED) is 0.351. The highest BCUT2D eigenvalue weighted by molar-refractivity contribution is 7.80. The molecule has 4 aromatic rings. The molecule has 1 saturated heterocycles. The Morgan fingerprint density at radius 1 is 1.06 bits per heavy atom. The Balaban J connectivity index is 1.43. The van der Waals surface area contributed by atoms with Crippen LogP contribution in [0.3, 0.4) is 0 Å². The summed E-state index contributed by atoms with van der Waals surface area (Å²) < 4.78 is 7.48. The second-order valence-electron chi connectivity index (χ2n) is 8.33.